The van der Waals surface area contributed by atoms with Crippen molar-refractivity contribution in [3.63, 3.8) is 0 Å². The number of aromatic nitrogens is 1. The number of para-hydroxylation sites is 1. The minimum absolute atomic E-state index is 0.192. The monoisotopic (exact) mass is 330 g/mol. The molecule has 4 rings (SSSR count). The maximum Gasteiger partial charge on any atom is 0.174 e. The summed E-state index contributed by atoms with van der Waals surface area (Å²) in [4.78, 5) is 4.37. The van der Waals surface area contributed by atoms with Crippen LogP contribution in [0.4, 0.5) is 0 Å². The van der Waals surface area contributed by atoms with Crippen molar-refractivity contribution in [2.75, 3.05) is 19.7 Å². The Balaban J connectivity index is 1.63. The van der Waals surface area contributed by atoms with Gasteiger partial charge in [0, 0.05) is 11.8 Å². The molecule has 3 heterocycles. The van der Waals surface area contributed by atoms with Gasteiger partial charge in [-0.1, -0.05) is 23.7 Å². The summed E-state index contributed by atoms with van der Waals surface area (Å²) in [6.07, 6.45) is 3.71. The average Bonchev–Trinajstić information content (AvgIpc) is 2.62. The number of piperidine rings is 1. The second-order valence-corrected chi connectivity index (χ2v) is 6.45. The molecule has 0 unspecified atom stereocenters. The quantitative estimate of drug-likeness (QED) is 0.911. The molecule has 2 aliphatic heterocycles. The summed E-state index contributed by atoms with van der Waals surface area (Å²) in [5.74, 6) is 2.24. The second-order valence-electron chi connectivity index (χ2n) is 6.02. The molecule has 0 spiro atoms. The Bertz CT molecular complexity index is 684. The van der Waals surface area contributed by atoms with Crippen molar-refractivity contribution in [2.45, 2.75) is 24.9 Å². The molecule has 1 fully saturated rings. The molecule has 0 saturated carbocycles. The van der Waals surface area contributed by atoms with Crippen molar-refractivity contribution in [3.8, 4) is 11.5 Å². The van der Waals surface area contributed by atoms with E-state index in [0.29, 0.717) is 17.5 Å². The summed E-state index contributed by atoms with van der Waals surface area (Å²) < 4.78 is 12.2. The van der Waals surface area contributed by atoms with Gasteiger partial charge in [0.05, 0.1) is 10.7 Å². The number of hydrogen-bond acceptors (Lipinski definition) is 4. The molecule has 1 aromatic heterocycles. The van der Waals surface area contributed by atoms with E-state index in [1.54, 1.807) is 6.20 Å². The van der Waals surface area contributed by atoms with Gasteiger partial charge in [-0.3, -0.25) is 4.98 Å². The molecule has 5 heteroatoms. The molecule has 1 saturated heterocycles. The highest BCUT2D eigenvalue weighted by molar-refractivity contribution is 6.30. The molecule has 4 nitrogen and oxygen atoms in total. The van der Waals surface area contributed by atoms with E-state index in [-0.39, 0.29) is 6.10 Å². The van der Waals surface area contributed by atoms with Crippen LogP contribution in [0.1, 0.15) is 36.1 Å². The lowest BCUT2D eigenvalue weighted by Crippen LogP contribution is -2.28. The number of fused-ring (bicyclic) bond motifs is 1. The van der Waals surface area contributed by atoms with Gasteiger partial charge in [0.25, 0.3) is 0 Å². The number of rotatable bonds is 2. The van der Waals surface area contributed by atoms with E-state index in [0.717, 1.165) is 43.1 Å². The third-order valence-electron chi connectivity index (χ3n) is 4.52. The number of ether oxygens (including phenoxy) is 2. The van der Waals surface area contributed by atoms with Crippen LogP contribution >= 0.6 is 11.6 Å². The molecule has 0 aliphatic carbocycles. The van der Waals surface area contributed by atoms with E-state index < -0.39 is 0 Å². The zero-order valence-electron chi connectivity index (χ0n) is 12.8. The van der Waals surface area contributed by atoms with Crippen LogP contribution in [0.15, 0.2) is 36.5 Å². The number of pyridine rings is 1. The lowest BCUT2D eigenvalue weighted by Gasteiger charge is -2.31. The highest BCUT2D eigenvalue weighted by Gasteiger charge is 2.28. The first-order valence-corrected chi connectivity index (χ1v) is 8.43. The molecule has 120 valence electrons. The largest absolute Gasteiger partial charge is 0.485 e. The minimum atomic E-state index is -0.192. The van der Waals surface area contributed by atoms with Gasteiger partial charge in [-0.25, -0.2) is 0 Å². The molecule has 23 heavy (non-hydrogen) atoms. The van der Waals surface area contributed by atoms with E-state index in [1.807, 2.05) is 18.2 Å². The number of halogens is 1. The first kappa shape index (κ1) is 14.8. The highest BCUT2D eigenvalue weighted by atomic mass is 35.5. The van der Waals surface area contributed by atoms with Crippen molar-refractivity contribution in [3.05, 3.63) is 52.8 Å². The van der Waals surface area contributed by atoms with Crippen LogP contribution in [0.25, 0.3) is 0 Å². The SMILES string of the molecule is Clc1ccc([C@H]2COc3cccc(C4CCNCC4)c3O2)nc1. The van der Waals surface area contributed by atoms with E-state index >= 15 is 0 Å². The zero-order valence-corrected chi connectivity index (χ0v) is 13.6. The molecule has 0 radical (unpaired) electrons. The predicted octanol–water partition coefficient (Wildman–Crippen LogP) is 3.71. The zero-order chi connectivity index (χ0) is 15.6. The van der Waals surface area contributed by atoms with Crippen LogP contribution in [-0.2, 0) is 0 Å². The Morgan fingerprint density at radius 3 is 2.78 bits per heavy atom. The van der Waals surface area contributed by atoms with Crippen LogP contribution in [0, 0.1) is 0 Å². The molecule has 2 aromatic rings. The summed E-state index contributed by atoms with van der Waals surface area (Å²) in [7, 11) is 0. The van der Waals surface area contributed by atoms with E-state index in [4.69, 9.17) is 21.1 Å². The van der Waals surface area contributed by atoms with Gasteiger partial charge in [0.1, 0.15) is 6.61 Å². The summed E-state index contributed by atoms with van der Waals surface area (Å²) in [5.41, 5.74) is 2.10. The first-order valence-electron chi connectivity index (χ1n) is 8.06. The number of benzene rings is 1. The van der Waals surface area contributed by atoms with Gasteiger partial charge in [-0.05, 0) is 50.0 Å². The highest BCUT2D eigenvalue weighted by Crippen LogP contribution is 2.43. The van der Waals surface area contributed by atoms with Gasteiger partial charge in [0.2, 0.25) is 0 Å². The van der Waals surface area contributed by atoms with Crippen LogP contribution in [0.3, 0.4) is 0 Å². The Labute approximate surface area is 140 Å². The topological polar surface area (TPSA) is 43.4 Å². The predicted molar refractivity (Wildman–Crippen MR) is 89.4 cm³/mol. The Kier molecular flexibility index (Phi) is 4.10. The fraction of sp³-hybridized carbons (Fsp3) is 0.389. The molecule has 1 atom stereocenters. The van der Waals surface area contributed by atoms with Crippen LogP contribution in [0.5, 0.6) is 11.5 Å². The molecule has 0 amide bonds. The Morgan fingerprint density at radius 1 is 1.13 bits per heavy atom. The molecular weight excluding hydrogens is 312 g/mol. The van der Waals surface area contributed by atoms with E-state index in [1.165, 1.54) is 5.56 Å². The normalized spacial score (nSPS) is 21.2. The van der Waals surface area contributed by atoms with Gasteiger partial charge >= 0.3 is 0 Å². The third kappa shape index (κ3) is 3.01. The summed E-state index contributed by atoms with van der Waals surface area (Å²) >= 11 is 5.92. The van der Waals surface area contributed by atoms with Crippen molar-refractivity contribution in [1.82, 2.24) is 10.3 Å². The van der Waals surface area contributed by atoms with Crippen molar-refractivity contribution >= 4 is 11.6 Å². The summed E-state index contributed by atoms with van der Waals surface area (Å²) in [6, 6.07) is 9.93. The van der Waals surface area contributed by atoms with E-state index in [9.17, 15) is 0 Å². The third-order valence-corrected chi connectivity index (χ3v) is 4.74. The fourth-order valence-electron chi connectivity index (χ4n) is 3.29. The molecule has 1 aromatic carbocycles. The standard InChI is InChI=1S/C18H19ClN2O2/c19-13-4-5-15(21-10-13)17-11-22-16-3-1-2-14(18(16)23-17)12-6-8-20-9-7-12/h1-5,10,12,17,20H,6-9,11H2/t17-/m1/s1. The van der Waals surface area contributed by atoms with Crippen molar-refractivity contribution in [1.29, 1.82) is 0 Å². The lowest BCUT2D eigenvalue weighted by molar-refractivity contribution is 0.0861. The average molecular weight is 331 g/mol. The minimum Gasteiger partial charge on any atom is -0.485 e. The van der Waals surface area contributed by atoms with Crippen LogP contribution < -0.4 is 14.8 Å². The molecule has 1 N–H and O–H groups in total. The number of nitrogens with one attached hydrogen (secondary N) is 1. The Morgan fingerprint density at radius 2 is 2.00 bits per heavy atom. The van der Waals surface area contributed by atoms with Gasteiger partial charge < -0.3 is 14.8 Å². The fourth-order valence-corrected chi connectivity index (χ4v) is 3.40. The maximum atomic E-state index is 6.29. The number of nitrogens with zero attached hydrogens (tertiary/aromatic N) is 1. The Hall–Kier alpha value is -1.78. The molecular formula is C18H19ClN2O2. The summed E-state index contributed by atoms with van der Waals surface area (Å²) in [6.45, 7) is 2.58. The van der Waals surface area contributed by atoms with Crippen LogP contribution in [0.2, 0.25) is 5.02 Å². The molecule has 0 bridgehead atoms. The lowest BCUT2D eigenvalue weighted by atomic mass is 9.89. The van der Waals surface area contributed by atoms with Gasteiger partial charge in [0.15, 0.2) is 17.6 Å². The number of hydrogen-bond donors (Lipinski definition) is 1. The van der Waals surface area contributed by atoms with Gasteiger partial charge in [-0.2, -0.15) is 0 Å². The van der Waals surface area contributed by atoms with Crippen molar-refractivity contribution < 1.29 is 9.47 Å². The van der Waals surface area contributed by atoms with Gasteiger partial charge in [-0.15, -0.1) is 0 Å². The summed E-state index contributed by atoms with van der Waals surface area (Å²) in [5, 5.41) is 4.04. The smallest absolute Gasteiger partial charge is 0.174 e. The maximum absolute atomic E-state index is 6.29. The first-order chi connectivity index (χ1) is 11.3. The van der Waals surface area contributed by atoms with Crippen LogP contribution in [-0.4, -0.2) is 24.7 Å². The molecule has 2 aliphatic rings. The van der Waals surface area contributed by atoms with Crippen molar-refractivity contribution in [2.24, 2.45) is 0 Å². The van der Waals surface area contributed by atoms with E-state index in [2.05, 4.69) is 22.4 Å². The second kappa shape index (κ2) is 6.38.